The van der Waals surface area contributed by atoms with Crippen LogP contribution in [-0.4, -0.2) is 29.6 Å². The highest BCUT2D eigenvalue weighted by Crippen LogP contribution is 2.34. The van der Waals surface area contributed by atoms with Crippen molar-refractivity contribution >= 4 is 17.7 Å². The fraction of sp³-hybridized carbons (Fsp3) is 0.562. The summed E-state index contributed by atoms with van der Waals surface area (Å²) in [4.78, 5) is 15.7. The molecule has 0 atom stereocenters. The maximum atomic E-state index is 12.3. The SMILES string of the molecule is O=C(CSc1ccccc1)N(CC1CC1)CC1CC1. The van der Waals surface area contributed by atoms with Crippen molar-refractivity contribution in [3.05, 3.63) is 30.3 Å². The lowest BCUT2D eigenvalue weighted by Gasteiger charge is -2.22. The molecule has 2 aliphatic rings. The van der Waals surface area contributed by atoms with Crippen molar-refractivity contribution in [2.75, 3.05) is 18.8 Å². The minimum absolute atomic E-state index is 0.327. The summed E-state index contributed by atoms with van der Waals surface area (Å²) < 4.78 is 0. The van der Waals surface area contributed by atoms with Gasteiger partial charge in [0.15, 0.2) is 0 Å². The van der Waals surface area contributed by atoms with Crippen LogP contribution in [-0.2, 0) is 4.79 Å². The van der Waals surface area contributed by atoms with Crippen molar-refractivity contribution in [2.24, 2.45) is 11.8 Å². The number of hydrogen-bond donors (Lipinski definition) is 0. The van der Waals surface area contributed by atoms with Crippen LogP contribution in [0.4, 0.5) is 0 Å². The summed E-state index contributed by atoms with van der Waals surface area (Å²) in [6.07, 6.45) is 5.28. The molecule has 0 spiro atoms. The smallest absolute Gasteiger partial charge is 0.232 e. The molecule has 0 heterocycles. The van der Waals surface area contributed by atoms with Crippen LogP contribution >= 0.6 is 11.8 Å². The molecular formula is C16H21NOS. The van der Waals surface area contributed by atoms with E-state index in [1.165, 1.54) is 30.6 Å². The Kier molecular flexibility index (Phi) is 4.12. The molecule has 0 unspecified atom stereocenters. The molecule has 2 fully saturated rings. The quantitative estimate of drug-likeness (QED) is 0.711. The highest BCUT2D eigenvalue weighted by atomic mass is 32.2. The Morgan fingerprint density at radius 3 is 2.16 bits per heavy atom. The fourth-order valence-corrected chi connectivity index (χ4v) is 3.08. The van der Waals surface area contributed by atoms with Gasteiger partial charge in [-0.3, -0.25) is 4.79 Å². The first-order valence-electron chi connectivity index (χ1n) is 7.27. The molecule has 19 heavy (non-hydrogen) atoms. The second kappa shape index (κ2) is 6.00. The molecular weight excluding hydrogens is 254 g/mol. The maximum absolute atomic E-state index is 12.3. The standard InChI is InChI=1S/C16H21NOS/c18-16(12-19-15-4-2-1-3-5-15)17(10-13-6-7-13)11-14-8-9-14/h1-5,13-14H,6-12H2. The number of benzene rings is 1. The first-order chi connectivity index (χ1) is 9.31. The third-order valence-electron chi connectivity index (χ3n) is 3.81. The van der Waals surface area contributed by atoms with Gasteiger partial charge < -0.3 is 4.90 Å². The topological polar surface area (TPSA) is 20.3 Å². The number of nitrogens with zero attached hydrogens (tertiary/aromatic N) is 1. The van der Waals surface area contributed by atoms with Gasteiger partial charge in [0.2, 0.25) is 5.91 Å². The van der Waals surface area contributed by atoms with Gasteiger partial charge in [-0.15, -0.1) is 11.8 Å². The Morgan fingerprint density at radius 1 is 1.05 bits per heavy atom. The van der Waals surface area contributed by atoms with Gasteiger partial charge in [-0.2, -0.15) is 0 Å². The van der Waals surface area contributed by atoms with Crippen molar-refractivity contribution < 1.29 is 4.79 Å². The number of hydrogen-bond acceptors (Lipinski definition) is 2. The summed E-state index contributed by atoms with van der Waals surface area (Å²) in [7, 11) is 0. The zero-order valence-electron chi connectivity index (χ0n) is 11.3. The van der Waals surface area contributed by atoms with Crippen molar-refractivity contribution in [1.29, 1.82) is 0 Å². The van der Waals surface area contributed by atoms with Crippen LogP contribution in [0.1, 0.15) is 25.7 Å². The predicted molar refractivity (Wildman–Crippen MR) is 79.2 cm³/mol. The Morgan fingerprint density at radius 2 is 1.63 bits per heavy atom. The summed E-state index contributed by atoms with van der Waals surface area (Å²) >= 11 is 1.66. The molecule has 0 aromatic heterocycles. The largest absolute Gasteiger partial charge is 0.341 e. The first kappa shape index (κ1) is 13.0. The van der Waals surface area contributed by atoms with Crippen LogP contribution in [0, 0.1) is 11.8 Å². The Labute approximate surface area is 119 Å². The van der Waals surface area contributed by atoms with Gasteiger partial charge in [0.05, 0.1) is 5.75 Å². The van der Waals surface area contributed by atoms with E-state index in [9.17, 15) is 4.79 Å². The second-order valence-corrected chi connectivity index (χ2v) is 6.84. The number of carbonyl (C=O) groups is 1. The first-order valence-corrected chi connectivity index (χ1v) is 8.25. The molecule has 0 aliphatic heterocycles. The van der Waals surface area contributed by atoms with Gasteiger partial charge in [0, 0.05) is 18.0 Å². The van der Waals surface area contributed by atoms with Crippen molar-refractivity contribution in [3.63, 3.8) is 0 Å². The van der Waals surface area contributed by atoms with E-state index in [-0.39, 0.29) is 0 Å². The normalized spacial score (nSPS) is 18.3. The van der Waals surface area contributed by atoms with E-state index in [1.807, 2.05) is 18.2 Å². The lowest BCUT2D eigenvalue weighted by atomic mass is 10.3. The van der Waals surface area contributed by atoms with Gasteiger partial charge in [0.1, 0.15) is 0 Å². The maximum Gasteiger partial charge on any atom is 0.232 e. The van der Waals surface area contributed by atoms with Crippen molar-refractivity contribution in [3.8, 4) is 0 Å². The molecule has 1 amide bonds. The van der Waals surface area contributed by atoms with E-state index in [0.717, 1.165) is 24.9 Å². The third-order valence-corrected chi connectivity index (χ3v) is 4.81. The van der Waals surface area contributed by atoms with E-state index < -0.39 is 0 Å². The zero-order chi connectivity index (χ0) is 13.1. The molecule has 2 nitrogen and oxygen atoms in total. The molecule has 1 aromatic rings. The molecule has 0 saturated heterocycles. The number of rotatable bonds is 7. The summed E-state index contributed by atoms with van der Waals surface area (Å²) in [5.74, 6) is 2.50. The zero-order valence-corrected chi connectivity index (χ0v) is 12.1. The monoisotopic (exact) mass is 275 g/mol. The minimum Gasteiger partial charge on any atom is -0.341 e. The highest BCUT2D eigenvalue weighted by Gasteiger charge is 2.31. The molecule has 3 rings (SSSR count). The van der Waals surface area contributed by atoms with Gasteiger partial charge in [-0.25, -0.2) is 0 Å². The van der Waals surface area contributed by atoms with Crippen LogP contribution in [0.25, 0.3) is 0 Å². The van der Waals surface area contributed by atoms with Crippen LogP contribution in [0.2, 0.25) is 0 Å². The Balaban J connectivity index is 1.50. The van der Waals surface area contributed by atoms with E-state index in [2.05, 4.69) is 17.0 Å². The van der Waals surface area contributed by atoms with Gasteiger partial charge in [0.25, 0.3) is 0 Å². The minimum atomic E-state index is 0.327. The average Bonchev–Trinajstić information content (AvgIpc) is 3.31. The number of thioether (sulfide) groups is 1. The third kappa shape index (κ3) is 4.27. The van der Waals surface area contributed by atoms with E-state index >= 15 is 0 Å². The van der Waals surface area contributed by atoms with Crippen molar-refractivity contribution in [1.82, 2.24) is 4.90 Å². The van der Waals surface area contributed by atoms with Crippen LogP contribution in [0.3, 0.4) is 0 Å². The summed E-state index contributed by atoms with van der Waals surface area (Å²) in [5, 5.41) is 0. The van der Waals surface area contributed by atoms with Crippen LogP contribution < -0.4 is 0 Å². The van der Waals surface area contributed by atoms with E-state index in [4.69, 9.17) is 0 Å². The molecule has 0 N–H and O–H groups in total. The van der Waals surface area contributed by atoms with E-state index in [0.29, 0.717) is 11.7 Å². The molecule has 0 radical (unpaired) electrons. The molecule has 102 valence electrons. The predicted octanol–water partition coefficient (Wildman–Crippen LogP) is 3.43. The van der Waals surface area contributed by atoms with Crippen molar-refractivity contribution in [2.45, 2.75) is 30.6 Å². The summed E-state index contributed by atoms with van der Waals surface area (Å²) in [6, 6.07) is 10.2. The van der Waals surface area contributed by atoms with Gasteiger partial charge in [-0.1, -0.05) is 18.2 Å². The highest BCUT2D eigenvalue weighted by molar-refractivity contribution is 8.00. The molecule has 1 aromatic carbocycles. The second-order valence-electron chi connectivity index (χ2n) is 5.79. The van der Waals surface area contributed by atoms with Gasteiger partial charge in [-0.05, 0) is 49.7 Å². The lowest BCUT2D eigenvalue weighted by Crippen LogP contribution is -2.35. The molecule has 2 aliphatic carbocycles. The average molecular weight is 275 g/mol. The Hall–Kier alpha value is -0.960. The Bertz CT molecular complexity index is 412. The van der Waals surface area contributed by atoms with Gasteiger partial charge >= 0.3 is 0 Å². The van der Waals surface area contributed by atoms with Crippen LogP contribution in [0.15, 0.2) is 35.2 Å². The number of carbonyl (C=O) groups excluding carboxylic acids is 1. The summed E-state index contributed by atoms with van der Waals surface area (Å²) in [5.41, 5.74) is 0. The lowest BCUT2D eigenvalue weighted by molar-refractivity contribution is -0.128. The molecule has 3 heteroatoms. The molecule has 0 bridgehead atoms. The summed E-state index contributed by atoms with van der Waals surface area (Å²) in [6.45, 7) is 2.01. The fourth-order valence-electron chi connectivity index (χ4n) is 2.26. The number of amides is 1. The molecule has 2 saturated carbocycles. The van der Waals surface area contributed by atoms with Crippen LogP contribution in [0.5, 0.6) is 0 Å². The van der Waals surface area contributed by atoms with E-state index in [1.54, 1.807) is 11.8 Å².